The maximum absolute atomic E-state index is 13.3. The Morgan fingerprint density at radius 1 is 1.12 bits per heavy atom. The van der Waals surface area contributed by atoms with Crippen molar-refractivity contribution in [3.63, 3.8) is 0 Å². The maximum atomic E-state index is 13.3. The third kappa shape index (κ3) is 2.82. The molecule has 2 saturated heterocycles. The predicted octanol–water partition coefficient (Wildman–Crippen LogP) is 2.04. The number of quaternary nitrogens is 1. The number of fused-ring (bicyclic) bond motifs is 1. The van der Waals surface area contributed by atoms with Crippen molar-refractivity contribution in [2.45, 2.75) is 63.5 Å². The summed E-state index contributed by atoms with van der Waals surface area (Å²) in [6.07, 6.45) is 8.27. The standard InChI is InChI=1S/C21H29N3O2/c1-2-21(17-11-4-3-5-12-17)19(25)24(20(26)22-21)15-23-14-8-10-16-9-6-7-13-18(16)23/h3-5,11-12,16,18H,2,6-10,13-15H2,1H3,(H,22,26)/p+1/t16-,18+,21-/m1/s1. The predicted molar refractivity (Wildman–Crippen MR) is 99.5 cm³/mol. The topological polar surface area (TPSA) is 53.9 Å². The lowest BCUT2D eigenvalue weighted by Crippen LogP contribution is -3.19. The number of piperidine rings is 1. The van der Waals surface area contributed by atoms with E-state index in [2.05, 4.69) is 5.32 Å². The molecule has 3 amide bonds. The van der Waals surface area contributed by atoms with E-state index in [-0.39, 0.29) is 11.9 Å². The fraction of sp³-hybridized carbons (Fsp3) is 0.619. The Balaban J connectivity index is 1.56. The van der Waals surface area contributed by atoms with Gasteiger partial charge in [0.05, 0.1) is 12.6 Å². The zero-order valence-electron chi connectivity index (χ0n) is 15.7. The van der Waals surface area contributed by atoms with Crippen molar-refractivity contribution in [1.82, 2.24) is 10.2 Å². The highest BCUT2D eigenvalue weighted by Gasteiger charge is 2.53. The largest absolute Gasteiger partial charge is 0.329 e. The first-order valence-electron chi connectivity index (χ1n) is 10.2. The molecule has 1 unspecified atom stereocenters. The molecule has 5 nitrogen and oxygen atoms in total. The van der Waals surface area contributed by atoms with Crippen LogP contribution in [0.4, 0.5) is 4.79 Å². The van der Waals surface area contributed by atoms with Crippen LogP contribution in [0, 0.1) is 5.92 Å². The number of hydrogen-bond acceptors (Lipinski definition) is 2. The van der Waals surface area contributed by atoms with Gasteiger partial charge in [0.2, 0.25) is 0 Å². The van der Waals surface area contributed by atoms with Crippen molar-refractivity contribution in [1.29, 1.82) is 0 Å². The van der Waals surface area contributed by atoms with Crippen molar-refractivity contribution in [2.24, 2.45) is 5.92 Å². The fourth-order valence-corrected chi connectivity index (χ4v) is 5.40. The molecule has 1 aromatic rings. The molecule has 0 radical (unpaired) electrons. The van der Waals surface area contributed by atoms with Crippen LogP contribution in [0.5, 0.6) is 0 Å². The van der Waals surface area contributed by atoms with E-state index < -0.39 is 5.54 Å². The third-order valence-corrected chi connectivity index (χ3v) is 6.84. The zero-order valence-corrected chi connectivity index (χ0v) is 15.7. The van der Waals surface area contributed by atoms with Crippen molar-refractivity contribution in [3.8, 4) is 0 Å². The second kappa shape index (κ2) is 7.03. The Hall–Kier alpha value is -1.88. The van der Waals surface area contributed by atoms with Crippen LogP contribution in [0.1, 0.15) is 57.4 Å². The third-order valence-electron chi connectivity index (χ3n) is 6.84. The van der Waals surface area contributed by atoms with Crippen molar-refractivity contribution >= 4 is 11.9 Å². The summed E-state index contributed by atoms with van der Waals surface area (Å²) in [7, 11) is 0. The number of hydrogen-bond donors (Lipinski definition) is 2. The number of nitrogens with zero attached hydrogens (tertiary/aromatic N) is 1. The molecule has 0 spiro atoms. The minimum absolute atomic E-state index is 0.0818. The summed E-state index contributed by atoms with van der Waals surface area (Å²) in [5, 5.41) is 3.02. The molecule has 2 heterocycles. The second-order valence-electron chi connectivity index (χ2n) is 8.15. The van der Waals surface area contributed by atoms with Crippen LogP contribution in [0.2, 0.25) is 0 Å². The minimum Gasteiger partial charge on any atom is -0.319 e. The number of imide groups is 1. The minimum atomic E-state index is -0.903. The summed E-state index contributed by atoms with van der Waals surface area (Å²) in [6.45, 7) is 3.56. The molecule has 5 heteroatoms. The van der Waals surface area contributed by atoms with Crippen LogP contribution in [-0.4, -0.2) is 36.1 Å². The SMILES string of the molecule is CC[C@]1(c2ccccc2)NC(=O)N(C[NH+]2CCC[C@H]3CCCC[C@@H]32)C1=O. The van der Waals surface area contributed by atoms with Gasteiger partial charge >= 0.3 is 6.03 Å². The Kier molecular flexibility index (Phi) is 4.74. The van der Waals surface area contributed by atoms with E-state index in [4.69, 9.17) is 0 Å². The average Bonchev–Trinajstić information content (AvgIpc) is 2.94. The molecule has 1 saturated carbocycles. The molecule has 0 bridgehead atoms. The van der Waals surface area contributed by atoms with Gasteiger partial charge in [-0.25, -0.2) is 9.69 Å². The number of likely N-dealkylation sites (tertiary alicyclic amines) is 1. The van der Waals surface area contributed by atoms with Crippen LogP contribution in [0.15, 0.2) is 30.3 Å². The van der Waals surface area contributed by atoms with E-state index in [1.807, 2.05) is 37.3 Å². The van der Waals surface area contributed by atoms with E-state index in [9.17, 15) is 9.59 Å². The molecular weight excluding hydrogens is 326 g/mol. The van der Waals surface area contributed by atoms with E-state index in [1.165, 1.54) is 48.3 Å². The quantitative estimate of drug-likeness (QED) is 0.811. The zero-order chi connectivity index (χ0) is 18.1. The van der Waals surface area contributed by atoms with Gasteiger partial charge in [-0.1, -0.05) is 43.7 Å². The number of amides is 3. The van der Waals surface area contributed by atoms with E-state index in [1.54, 1.807) is 0 Å². The monoisotopic (exact) mass is 356 g/mol. The molecule has 3 aliphatic rings. The highest BCUT2D eigenvalue weighted by molar-refractivity contribution is 6.07. The Morgan fingerprint density at radius 3 is 2.62 bits per heavy atom. The van der Waals surface area contributed by atoms with Crippen LogP contribution in [0.25, 0.3) is 0 Å². The van der Waals surface area contributed by atoms with Gasteiger partial charge in [0.15, 0.2) is 6.67 Å². The number of rotatable bonds is 4. The van der Waals surface area contributed by atoms with E-state index in [0.717, 1.165) is 18.0 Å². The summed E-state index contributed by atoms with van der Waals surface area (Å²) >= 11 is 0. The van der Waals surface area contributed by atoms with Crippen LogP contribution in [0.3, 0.4) is 0 Å². The van der Waals surface area contributed by atoms with Crippen LogP contribution >= 0.6 is 0 Å². The maximum Gasteiger partial charge on any atom is 0.329 e. The molecule has 140 valence electrons. The summed E-state index contributed by atoms with van der Waals surface area (Å²) in [5.41, 5.74) is -0.0213. The number of benzene rings is 1. The fourth-order valence-electron chi connectivity index (χ4n) is 5.40. The Bertz CT molecular complexity index is 675. The van der Waals surface area contributed by atoms with Crippen molar-refractivity contribution in [3.05, 3.63) is 35.9 Å². The number of nitrogens with one attached hydrogen (secondary N) is 2. The normalized spacial score (nSPS) is 34.5. The van der Waals surface area contributed by atoms with Crippen LogP contribution < -0.4 is 10.2 Å². The number of urea groups is 1. The molecule has 4 rings (SSSR count). The molecule has 4 atom stereocenters. The molecule has 1 aromatic carbocycles. The molecular formula is C21H30N3O2+. The first-order chi connectivity index (χ1) is 12.7. The molecule has 2 N–H and O–H groups in total. The van der Waals surface area contributed by atoms with Crippen molar-refractivity contribution < 1.29 is 14.5 Å². The van der Waals surface area contributed by atoms with Gasteiger partial charge in [0, 0.05) is 5.92 Å². The second-order valence-corrected chi connectivity index (χ2v) is 8.15. The van der Waals surface area contributed by atoms with Gasteiger partial charge in [-0.3, -0.25) is 4.79 Å². The van der Waals surface area contributed by atoms with Gasteiger partial charge in [0.1, 0.15) is 5.54 Å². The van der Waals surface area contributed by atoms with Gasteiger partial charge in [-0.05, 0) is 44.1 Å². The van der Waals surface area contributed by atoms with Gasteiger partial charge in [0.25, 0.3) is 5.91 Å². The lowest BCUT2D eigenvalue weighted by Gasteiger charge is -2.42. The number of carbonyl (C=O) groups excluding carboxylic acids is 2. The lowest BCUT2D eigenvalue weighted by atomic mass is 9.78. The van der Waals surface area contributed by atoms with E-state index in [0.29, 0.717) is 19.1 Å². The van der Waals surface area contributed by atoms with Crippen molar-refractivity contribution in [2.75, 3.05) is 13.2 Å². The summed E-state index contributed by atoms with van der Waals surface area (Å²) in [4.78, 5) is 29.0. The Labute approximate surface area is 155 Å². The smallest absolute Gasteiger partial charge is 0.319 e. The number of carbonyl (C=O) groups is 2. The molecule has 1 aliphatic carbocycles. The molecule has 0 aromatic heterocycles. The summed E-state index contributed by atoms with van der Waals surface area (Å²) in [6, 6.07) is 10.1. The Morgan fingerprint density at radius 2 is 1.85 bits per heavy atom. The van der Waals surface area contributed by atoms with E-state index >= 15 is 0 Å². The summed E-state index contributed by atoms with van der Waals surface area (Å²) in [5.74, 6) is 0.694. The molecule has 3 fully saturated rings. The lowest BCUT2D eigenvalue weighted by molar-refractivity contribution is -0.942. The van der Waals surface area contributed by atoms with Gasteiger partial charge < -0.3 is 10.2 Å². The average molecular weight is 356 g/mol. The van der Waals surface area contributed by atoms with Crippen LogP contribution in [-0.2, 0) is 10.3 Å². The first-order valence-corrected chi connectivity index (χ1v) is 10.2. The first kappa shape index (κ1) is 17.5. The highest BCUT2D eigenvalue weighted by atomic mass is 16.2. The molecule has 2 aliphatic heterocycles. The molecule has 26 heavy (non-hydrogen) atoms. The summed E-state index contributed by atoms with van der Waals surface area (Å²) < 4.78 is 0. The highest BCUT2D eigenvalue weighted by Crippen LogP contribution is 2.32. The van der Waals surface area contributed by atoms with Gasteiger partial charge in [-0.2, -0.15) is 0 Å². The van der Waals surface area contributed by atoms with Gasteiger partial charge in [-0.15, -0.1) is 0 Å².